The summed E-state index contributed by atoms with van der Waals surface area (Å²) < 4.78 is 0. The minimum atomic E-state index is -0.854. The zero-order valence-corrected chi connectivity index (χ0v) is 14.0. The van der Waals surface area contributed by atoms with Crippen molar-refractivity contribution in [2.45, 2.75) is 44.1 Å². The molecule has 5 heteroatoms. The molecule has 1 saturated carbocycles. The molecule has 2 aromatic rings. The molecule has 0 aliphatic heterocycles. The minimum Gasteiger partial charge on any atom is -0.481 e. The first-order valence-corrected chi connectivity index (χ1v) is 8.64. The van der Waals surface area contributed by atoms with E-state index in [4.69, 9.17) is 5.11 Å². The molecule has 1 aromatic carbocycles. The van der Waals surface area contributed by atoms with Crippen molar-refractivity contribution in [2.75, 3.05) is 0 Å². The molecule has 0 spiro atoms. The normalized spacial score (nSPS) is 14.7. The van der Waals surface area contributed by atoms with Gasteiger partial charge in [0.1, 0.15) is 0 Å². The van der Waals surface area contributed by atoms with E-state index in [0.29, 0.717) is 24.3 Å². The van der Waals surface area contributed by atoms with Gasteiger partial charge in [-0.1, -0.05) is 30.3 Å². The number of hydrogen-bond donors (Lipinski definition) is 2. The minimum absolute atomic E-state index is 0.0292. The SMILES string of the molecule is O=C(O)CCC(Cc1ccccc1)NC(=O)c1ccnc(C2CC2)c1. The first-order valence-electron chi connectivity index (χ1n) is 8.64. The molecule has 0 radical (unpaired) electrons. The van der Waals surface area contributed by atoms with Crippen LogP contribution >= 0.6 is 0 Å². The fourth-order valence-electron chi connectivity index (χ4n) is 2.88. The van der Waals surface area contributed by atoms with Gasteiger partial charge in [0, 0.05) is 35.8 Å². The molecule has 130 valence electrons. The van der Waals surface area contributed by atoms with Gasteiger partial charge in [-0.25, -0.2) is 0 Å². The van der Waals surface area contributed by atoms with Crippen LogP contribution in [0.5, 0.6) is 0 Å². The van der Waals surface area contributed by atoms with Crippen LogP contribution in [0.4, 0.5) is 0 Å². The van der Waals surface area contributed by atoms with Crippen LogP contribution < -0.4 is 5.32 Å². The van der Waals surface area contributed by atoms with Gasteiger partial charge in [0.25, 0.3) is 5.91 Å². The largest absolute Gasteiger partial charge is 0.481 e. The number of carboxylic acid groups (broad SMARTS) is 1. The standard InChI is InChI=1S/C20H22N2O3/c23-19(24)9-8-17(12-14-4-2-1-3-5-14)22-20(25)16-10-11-21-18(13-16)15-6-7-15/h1-5,10-11,13,15,17H,6-9,12H2,(H,22,25)(H,23,24). The van der Waals surface area contributed by atoms with Crippen molar-refractivity contribution >= 4 is 11.9 Å². The molecule has 0 bridgehead atoms. The van der Waals surface area contributed by atoms with E-state index in [1.54, 1.807) is 12.3 Å². The molecule has 1 aliphatic rings. The lowest BCUT2D eigenvalue weighted by Gasteiger charge is -2.18. The highest BCUT2D eigenvalue weighted by Gasteiger charge is 2.25. The van der Waals surface area contributed by atoms with Gasteiger partial charge in [-0.3, -0.25) is 14.6 Å². The lowest BCUT2D eigenvalue weighted by Crippen LogP contribution is -2.37. The predicted molar refractivity (Wildman–Crippen MR) is 94.5 cm³/mol. The van der Waals surface area contributed by atoms with Gasteiger partial charge in [-0.2, -0.15) is 0 Å². The van der Waals surface area contributed by atoms with Crippen LogP contribution in [0, 0.1) is 0 Å². The summed E-state index contributed by atoms with van der Waals surface area (Å²) in [6.07, 6.45) is 4.98. The van der Waals surface area contributed by atoms with Gasteiger partial charge in [0.15, 0.2) is 0 Å². The Morgan fingerprint density at radius 1 is 1.20 bits per heavy atom. The quantitative estimate of drug-likeness (QED) is 0.775. The fraction of sp³-hybridized carbons (Fsp3) is 0.350. The maximum atomic E-state index is 12.6. The van der Waals surface area contributed by atoms with Gasteiger partial charge in [0.2, 0.25) is 0 Å². The number of pyridine rings is 1. The van der Waals surface area contributed by atoms with Crippen molar-refractivity contribution in [1.82, 2.24) is 10.3 Å². The van der Waals surface area contributed by atoms with Gasteiger partial charge < -0.3 is 10.4 Å². The van der Waals surface area contributed by atoms with E-state index in [1.807, 2.05) is 36.4 Å². The number of nitrogens with one attached hydrogen (secondary N) is 1. The highest BCUT2D eigenvalue weighted by molar-refractivity contribution is 5.94. The summed E-state index contributed by atoms with van der Waals surface area (Å²) in [5.74, 6) is -0.539. The first kappa shape index (κ1) is 17.1. The summed E-state index contributed by atoms with van der Waals surface area (Å²) in [4.78, 5) is 27.8. The molecule has 1 unspecified atom stereocenters. The maximum Gasteiger partial charge on any atom is 0.303 e. The smallest absolute Gasteiger partial charge is 0.303 e. The highest BCUT2D eigenvalue weighted by Crippen LogP contribution is 2.38. The van der Waals surface area contributed by atoms with Gasteiger partial charge in [0.05, 0.1) is 0 Å². The average Bonchev–Trinajstić information content (AvgIpc) is 3.46. The van der Waals surface area contributed by atoms with E-state index < -0.39 is 5.97 Å². The Morgan fingerprint density at radius 3 is 2.64 bits per heavy atom. The molecular weight excluding hydrogens is 316 g/mol. The topological polar surface area (TPSA) is 79.3 Å². The number of aromatic nitrogens is 1. The van der Waals surface area contributed by atoms with E-state index in [-0.39, 0.29) is 18.4 Å². The molecule has 1 heterocycles. The van der Waals surface area contributed by atoms with Crippen LogP contribution in [0.1, 0.15) is 53.2 Å². The molecule has 1 aromatic heterocycles. The predicted octanol–water partition coefficient (Wildman–Crippen LogP) is 3.16. The van der Waals surface area contributed by atoms with Gasteiger partial charge >= 0.3 is 5.97 Å². The lowest BCUT2D eigenvalue weighted by atomic mass is 10.0. The number of nitrogens with zero attached hydrogens (tertiary/aromatic N) is 1. The van der Waals surface area contributed by atoms with Crippen molar-refractivity contribution in [3.63, 3.8) is 0 Å². The van der Waals surface area contributed by atoms with E-state index >= 15 is 0 Å². The summed E-state index contributed by atoms with van der Waals surface area (Å²) in [6, 6.07) is 13.1. The Bertz CT molecular complexity index is 742. The van der Waals surface area contributed by atoms with Crippen LogP contribution in [0.25, 0.3) is 0 Å². The van der Waals surface area contributed by atoms with Crippen molar-refractivity contribution < 1.29 is 14.7 Å². The molecular formula is C20H22N2O3. The van der Waals surface area contributed by atoms with E-state index in [2.05, 4.69) is 10.3 Å². The third-order valence-electron chi connectivity index (χ3n) is 4.41. The van der Waals surface area contributed by atoms with Crippen molar-refractivity contribution in [1.29, 1.82) is 0 Å². The molecule has 1 fully saturated rings. The number of carboxylic acids is 1. The van der Waals surface area contributed by atoms with Crippen molar-refractivity contribution in [2.24, 2.45) is 0 Å². The summed E-state index contributed by atoms with van der Waals surface area (Å²) >= 11 is 0. The number of carbonyl (C=O) groups excluding carboxylic acids is 1. The van der Waals surface area contributed by atoms with E-state index in [1.165, 1.54) is 0 Å². The van der Waals surface area contributed by atoms with Crippen LogP contribution in [0.2, 0.25) is 0 Å². The number of amides is 1. The Labute approximate surface area is 147 Å². The summed E-state index contributed by atoms with van der Waals surface area (Å²) in [5, 5.41) is 12.0. The Balaban J connectivity index is 1.68. The average molecular weight is 338 g/mol. The Kier molecular flexibility index (Phi) is 5.43. The number of aliphatic carboxylic acids is 1. The van der Waals surface area contributed by atoms with Gasteiger partial charge in [-0.15, -0.1) is 0 Å². The second-order valence-electron chi connectivity index (χ2n) is 6.54. The zero-order chi connectivity index (χ0) is 17.6. The van der Waals surface area contributed by atoms with Crippen LogP contribution in [-0.4, -0.2) is 28.0 Å². The molecule has 1 aliphatic carbocycles. The maximum absolute atomic E-state index is 12.6. The lowest BCUT2D eigenvalue weighted by molar-refractivity contribution is -0.137. The van der Waals surface area contributed by atoms with Crippen molar-refractivity contribution in [3.8, 4) is 0 Å². The molecule has 2 N–H and O–H groups in total. The molecule has 1 atom stereocenters. The summed E-state index contributed by atoms with van der Waals surface area (Å²) in [6.45, 7) is 0. The Hall–Kier alpha value is -2.69. The molecule has 25 heavy (non-hydrogen) atoms. The number of carbonyl (C=O) groups is 2. The third kappa shape index (κ3) is 5.14. The van der Waals surface area contributed by atoms with Crippen molar-refractivity contribution in [3.05, 3.63) is 65.5 Å². The number of hydrogen-bond acceptors (Lipinski definition) is 3. The monoisotopic (exact) mass is 338 g/mol. The van der Waals surface area contributed by atoms with E-state index in [9.17, 15) is 9.59 Å². The number of rotatable bonds is 8. The third-order valence-corrected chi connectivity index (χ3v) is 4.41. The second kappa shape index (κ2) is 7.92. The van der Waals surface area contributed by atoms with Crippen LogP contribution in [0.3, 0.4) is 0 Å². The Morgan fingerprint density at radius 2 is 1.96 bits per heavy atom. The zero-order valence-electron chi connectivity index (χ0n) is 14.0. The molecule has 5 nitrogen and oxygen atoms in total. The summed E-state index contributed by atoms with van der Waals surface area (Å²) in [5.41, 5.74) is 2.63. The molecule has 3 rings (SSSR count). The second-order valence-corrected chi connectivity index (χ2v) is 6.54. The molecule has 0 saturated heterocycles. The number of benzene rings is 1. The summed E-state index contributed by atoms with van der Waals surface area (Å²) in [7, 11) is 0. The highest BCUT2D eigenvalue weighted by atomic mass is 16.4. The van der Waals surface area contributed by atoms with Crippen LogP contribution in [0.15, 0.2) is 48.7 Å². The van der Waals surface area contributed by atoms with Gasteiger partial charge in [-0.05, 0) is 43.4 Å². The fourth-order valence-corrected chi connectivity index (χ4v) is 2.88. The van der Waals surface area contributed by atoms with E-state index in [0.717, 1.165) is 24.1 Å². The first-order chi connectivity index (χ1) is 12.1. The molecule has 1 amide bonds. The van der Waals surface area contributed by atoms with Crippen LogP contribution in [-0.2, 0) is 11.2 Å².